The highest BCUT2D eigenvalue weighted by Gasteiger charge is 2.23. The molecule has 0 spiro atoms. The van der Waals surface area contributed by atoms with Crippen LogP contribution >= 0.6 is 0 Å². The van der Waals surface area contributed by atoms with Crippen molar-refractivity contribution in [1.82, 2.24) is 0 Å². The maximum absolute atomic E-state index is 10.3. The van der Waals surface area contributed by atoms with Crippen LogP contribution in [0, 0.1) is 0 Å². The van der Waals surface area contributed by atoms with Crippen molar-refractivity contribution in [1.29, 1.82) is 0 Å². The standard InChI is InChI=1S/C14H22O5/c1-2-18-13(7-8-15)14(17)11-5-3-4-6-12(11)19-10-9-16/h3-6,13-17H,2,7-10H2,1H3/t13-,14-/m0/s1. The molecule has 0 bridgehead atoms. The van der Waals surface area contributed by atoms with Crippen molar-refractivity contribution in [2.24, 2.45) is 0 Å². The van der Waals surface area contributed by atoms with E-state index in [0.29, 0.717) is 24.3 Å². The first-order valence-electron chi connectivity index (χ1n) is 6.47. The quantitative estimate of drug-likeness (QED) is 0.621. The van der Waals surface area contributed by atoms with E-state index in [-0.39, 0.29) is 19.8 Å². The van der Waals surface area contributed by atoms with E-state index in [2.05, 4.69) is 0 Å². The molecule has 5 heteroatoms. The van der Waals surface area contributed by atoms with Gasteiger partial charge in [0.1, 0.15) is 18.5 Å². The number of benzene rings is 1. The molecule has 0 radical (unpaired) electrons. The highest BCUT2D eigenvalue weighted by molar-refractivity contribution is 5.35. The summed E-state index contributed by atoms with van der Waals surface area (Å²) >= 11 is 0. The zero-order valence-corrected chi connectivity index (χ0v) is 11.2. The molecule has 0 saturated heterocycles. The molecule has 0 aliphatic carbocycles. The largest absolute Gasteiger partial charge is 0.491 e. The number of rotatable bonds is 9. The number of aliphatic hydroxyl groups excluding tert-OH is 3. The van der Waals surface area contributed by atoms with E-state index in [1.54, 1.807) is 24.3 Å². The van der Waals surface area contributed by atoms with Crippen LogP contribution in [0.15, 0.2) is 24.3 Å². The van der Waals surface area contributed by atoms with Gasteiger partial charge in [-0.05, 0) is 19.4 Å². The number of ether oxygens (including phenoxy) is 2. The molecule has 0 fully saturated rings. The molecule has 0 amide bonds. The van der Waals surface area contributed by atoms with E-state index < -0.39 is 12.2 Å². The van der Waals surface area contributed by atoms with Crippen LogP contribution in [0.5, 0.6) is 5.75 Å². The molecule has 108 valence electrons. The minimum atomic E-state index is -0.873. The Labute approximate surface area is 113 Å². The molecule has 0 saturated carbocycles. The Morgan fingerprint density at radius 2 is 1.89 bits per heavy atom. The second-order valence-electron chi connectivity index (χ2n) is 4.06. The molecule has 0 heterocycles. The van der Waals surface area contributed by atoms with Gasteiger partial charge in [0, 0.05) is 18.8 Å². The summed E-state index contributed by atoms with van der Waals surface area (Å²) in [6, 6.07) is 7.08. The predicted molar refractivity (Wildman–Crippen MR) is 71.1 cm³/mol. The minimum absolute atomic E-state index is 0.0542. The Morgan fingerprint density at radius 1 is 1.16 bits per heavy atom. The van der Waals surface area contributed by atoms with Crippen molar-refractivity contribution in [3.05, 3.63) is 29.8 Å². The highest BCUT2D eigenvalue weighted by Crippen LogP contribution is 2.29. The van der Waals surface area contributed by atoms with Gasteiger partial charge in [0.25, 0.3) is 0 Å². The molecule has 0 aliphatic rings. The lowest BCUT2D eigenvalue weighted by atomic mass is 10.0. The van der Waals surface area contributed by atoms with Crippen molar-refractivity contribution < 1.29 is 24.8 Å². The van der Waals surface area contributed by atoms with Gasteiger partial charge < -0.3 is 24.8 Å². The number of hydrogen-bond acceptors (Lipinski definition) is 5. The molecule has 1 aromatic rings. The third kappa shape index (κ3) is 4.80. The molecular weight excluding hydrogens is 248 g/mol. The normalized spacial score (nSPS) is 14.1. The topological polar surface area (TPSA) is 79.2 Å². The molecule has 0 aliphatic heterocycles. The number of para-hydroxylation sites is 1. The Bertz CT molecular complexity index is 349. The lowest BCUT2D eigenvalue weighted by molar-refractivity contribution is -0.0458. The monoisotopic (exact) mass is 270 g/mol. The lowest BCUT2D eigenvalue weighted by Crippen LogP contribution is -2.24. The van der Waals surface area contributed by atoms with Crippen LogP contribution in [0.25, 0.3) is 0 Å². The molecule has 1 rings (SSSR count). The van der Waals surface area contributed by atoms with Crippen molar-refractivity contribution in [2.45, 2.75) is 25.6 Å². The molecule has 19 heavy (non-hydrogen) atoms. The van der Waals surface area contributed by atoms with Gasteiger partial charge in [-0.25, -0.2) is 0 Å². The number of aliphatic hydroxyl groups is 3. The van der Waals surface area contributed by atoms with Crippen molar-refractivity contribution >= 4 is 0 Å². The first-order valence-corrected chi connectivity index (χ1v) is 6.47. The van der Waals surface area contributed by atoms with Crippen molar-refractivity contribution in [3.63, 3.8) is 0 Å². The Morgan fingerprint density at radius 3 is 2.53 bits per heavy atom. The van der Waals surface area contributed by atoms with E-state index in [4.69, 9.17) is 19.7 Å². The summed E-state index contributed by atoms with van der Waals surface area (Å²) in [5, 5.41) is 28.1. The van der Waals surface area contributed by atoms with Crippen LogP contribution in [-0.4, -0.2) is 47.9 Å². The first kappa shape index (κ1) is 15.9. The van der Waals surface area contributed by atoms with Crippen LogP contribution in [0.4, 0.5) is 0 Å². The average molecular weight is 270 g/mol. The molecule has 5 nitrogen and oxygen atoms in total. The second-order valence-corrected chi connectivity index (χ2v) is 4.06. The van der Waals surface area contributed by atoms with E-state index in [9.17, 15) is 5.11 Å². The summed E-state index contributed by atoms with van der Waals surface area (Å²) in [6.07, 6.45) is -1.00. The third-order valence-electron chi connectivity index (χ3n) is 2.73. The zero-order chi connectivity index (χ0) is 14.1. The van der Waals surface area contributed by atoms with Crippen molar-refractivity contribution in [2.75, 3.05) is 26.4 Å². The zero-order valence-electron chi connectivity index (χ0n) is 11.2. The van der Waals surface area contributed by atoms with Crippen LogP contribution in [-0.2, 0) is 4.74 Å². The van der Waals surface area contributed by atoms with Gasteiger partial charge in [0.05, 0.1) is 12.7 Å². The number of hydrogen-bond donors (Lipinski definition) is 3. The summed E-state index contributed by atoms with van der Waals surface area (Å²) in [6.45, 7) is 2.33. The van der Waals surface area contributed by atoms with Crippen LogP contribution in [0.1, 0.15) is 25.0 Å². The van der Waals surface area contributed by atoms with Crippen molar-refractivity contribution in [3.8, 4) is 5.75 Å². The summed E-state index contributed by atoms with van der Waals surface area (Å²) in [7, 11) is 0. The van der Waals surface area contributed by atoms with E-state index in [1.165, 1.54) is 0 Å². The fourth-order valence-electron chi connectivity index (χ4n) is 1.89. The maximum Gasteiger partial charge on any atom is 0.125 e. The van der Waals surface area contributed by atoms with Gasteiger partial charge in [-0.3, -0.25) is 0 Å². The Hall–Kier alpha value is -1.14. The summed E-state index contributed by atoms with van der Waals surface area (Å²) in [5.41, 5.74) is 0.600. The molecule has 2 atom stereocenters. The average Bonchev–Trinajstić information content (AvgIpc) is 2.44. The Balaban J connectivity index is 2.86. The van der Waals surface area contributed by atoms with Crippen LogP contribution < -0.4 is 4.74 Å². The van der Waals surface area contributed by atoms with Gasteiger partial charge in [0.2, 0.25) is 0 Å². The van der Waals surface area contributed by atoms with E-state index >= 15 is 0 Å². The summed E-state index contributed by atoms with van der Waals surface area (Å²) in [5.74, 6) is 0.520. The Kier molecular flexibility index (Phi) is 7.43. The van der Waals surface area contributed by atoms with Crippen LogP contribution in [0.3, 0.4) is 0 Å². The maximum atomic E-state index is 10.3. The van der Waals surface area contributed by atoms with E-state index in [0.717, 1.165) is 0 Å². The molecular formula is C14H22O5. The van der Waals surface area contributed by atoms with Gasteiger partial charge >= 0.3 is 0 Å². The fraction of sp³-hybridized carbons (Fsp3) is 0.571. The minimum Gasteiger partial charge on any atom is -0.491 e. The van der Waals surface area contributed by atoms with Gasteiger partial charge in [-0.2, -0.15) is 0 Å². The third-order valence-corrected chi connectivity index (χ3v) is 2.73. The predicted octanol–water partition coefficient (Wildman–Crippen LogP) is 0.879. The molecule has 1 aromatic carbocycles. The highest BCUT2D eigenvalue weighted by atomic mass is 16.5. The SMILES string of the molecule is CCO[C@@H](CCO)[C@@H](O)c1ccccc1OCCO. The first-order chi connectivity index (χ1) is 9.24. The van der Waals surface area contributed by atoms with Gasteiger partial charge in [0.15, 0.2) is 0 Å². The summed E-state index contributed by atoms with van der Waals surface area (Å²) < 4.78 is 10.8. The fourth-order valence-corrected chi connectivity index (χ4v) is 1.89. The second kappa shape index (κ2) is 8.87. The molecule has 0 unspecified atom stereocenters. The van der Waals surface area contributed by atoms with Gasteiger partial charge in [-0.1, -0.05) is 18.2 Å². The lowest BCUT2D eigenvalue weighted by Gasteiger charge is -2.24. The van der Waals surface area contributed by atoms with E-state index in [1.807, 2.05) is 6.92 Å². The van der Waals surface area contributed by atoms with Crippen LogP contribution in [0.2, 0.25) is 0 Å². The molecule has 0 aromatic heterocycles. The smallest absolute Gasteiger partial charge is 0.125 e. The molecule has 3 N–H and O–H groups in total. The summed E-state index contributed by atoms with van der Waals surface area (Å²) in [4.78, 5) is 0. The van der Waals surface area contributed by atoms with Gasteiger partial charge in [-0.15, -0.1) is 0 Å².